The Bertz CT molecular complexity index is 342. The van der Waals surface area contributed by atoms with E-state index in [1.807, 2.05) is 0 Å². The first kappa shape index (κ1) is 16.7. The second-order valence-corrected chi connectivity index (χ2v) is 6.78. The quantitative estimate of drug-likeness (QED) is 0.802. The van der Waals surface area contributed by atoms with Gasteiger partial charge in [0.1, 0.15) is 0 Å². The van der Waals surface area contributed by atoms with Crippen LogP contribution in [-0.2, 0) is 9.53 Å². The molecule has 2 aliphatic rings. The number of hydrogen-bond acceptors (Lipinski definition) is 4. The SMILES string of the molecule is CCC1NC(CC(C)C)C(=O)N1C(C)CN1CCOCC1. The lowest BCUT2D eigenvalue weighted by molar-refractivity contribution is -0.132. The normalized spacial score (nSPS) is 29.4. The first-order valence-corrected chi connectivity index (χ1v) is 8.41. The van der Waals surface area contributed by atoms with E-state index in [-0.39, 0.29) is 24.2 Å². The topological polar surface area (TPSA) is 44.8 Å². The van der Waals surface area contributed by atoms with Crippen molar-refractivity contribution in [2.24, 2.45) is 5.92 Å². The van der Waals surface area contributed by atoms with Gasteiger partial charge in [-0.3, -0.25) is 15.0 Å². The molecule has 0 aromatic heterocycles. The Balaban J connectivity index is 1.96. The Morgan fingerprint density at radius 3 is 2.52 bits per heavy atom. The van der Waals surface area contributed by atoms with Crippen LogP contribution in [0.1, 0.15) is 40.5 Å². The number of amides is 1. The highest BCUT2D eigenvalue weighted by Crippen LogP contribution is 2.21. The third-order valence-electron chi connectivity index (χ3n) is 4.48. The molecule has 2 aliphatic heterocycles. The molecule has 5 heteroatoms. The van der Waals surface area contributed by atoms with E-state index in [1.165, 1.54) is 0 Å². The van der Waals surface area contributed by atoms with Gasteiger partial charge in [-0.15, -0.1) is 0 Å². The fraction of sp³-hybridized carbons (Fsp3) is 0.938. The van der Waals surface area contributed by atoms with Gasteiger partial charge in [0.05, 0.1) is 25.4 Å². The van der Waals surface area contributed by atoms with Gasteiger partial charge in [-0.2, -0.15) is 0 Å². The van der Waals surface area contributed by atoms with Crippen LogP contribution < -0.4 is 5.32 Å². The van der Waals surface area contributed by atoms with Crippen LogP contribution in [0, 0.1) is 5.92 Å². The zero-order chi connectivity index (χ0) is 15.4. The molecule has 2 saturated heterocycles. The van der Waals surface area contributed by atoms with E-state index in [0.29, 0.717) is 5.92 Å². The Labute approximate surface area is 129 Å². The van der Waals surface area contributed by atoms with Crippen LogP contribution >= 0.6 is 0 Å². The summed E-state index contributed by atoms with van der Waals surface area (Å²) in [4.78, 5) is 17.2. The lowest BCUT2D eigenvalue weighted by Gasteiger charge is -2.35. The number of ether oxygens (including phenoxy) is 1. The van der Waals surface area contributed by atoms with Crippen LogP contribution in [0.5, 0.6) is 0 Å². The molecular weight excluding hydrogens is 266 g/mol. The first-order chi connectivity index (χ1) is 10.0. The van der Waals surface area contributed by atoms with E-state index >= 15 is 0 Å². The van der Waals surface area contributed by atoms with Crippen LogP contribution in [-0.4, -0.2) is 66.8 Å². The van der Waals surface area contributed by atoms with Gasteiger partial charge < -0.3 is 9.64 Å². The number of nitrogens with zero attached hydrogens (tertiary/aromatic N) is 2. The minimum Gasteiger partial charge on any atom is -0.379 e. The van der Waals surface area contributed by atoms with Gasteiger partial charge in [0.25, 0.3) is 0 Å². The second kappa shape index (κ2) is 7.56. The summed E-state index contributed by atoms with van der Waals surface area (Å²) >= 11 is 0. The minimum absolute atomic E-state index is 0.00193. The van der Waals surface area contributed by atoms with Crippen molar-refractivity contribution in [2.75, 3.05) is 32.8 Å². The predicted molar refractivity (Wildman–Crippen MR) is 84.0 cm³/mol. The molecule has 0 bridgehead atoms. The van der Waals surface area contributed by atoms with E-state index in [4.69, 9.17) is 4.74 Å². The molecule has 0 aliphatic carbocycles. The summed E-state index contributed by atoms with van der Waals surface area (Å²) < 4.78 is 5.40. The summed E-state index contributed by atoms with van der Waals surface area (Å²) in [7, 11) is 0. The molecule has 0 radical (unpaired) electrons. The highest BCUT2D eigenvalue weighted by molar-refractivity contribution is 5.84. The van der Waals surface area contributed by atoms with Crippen molar-refractivity contribution in [3.63, 3.8) is 0 Å². The van der Waals surface area contributed by atoms with Gasteiger partial charge in [0, 0.05) is 25.7 Å². The summed E-state index contributed by atoms with van der Waals surface area (Å²) in [5.74, 6) is 0.828. The number of nitrogens with one attached hydrogen (secondary N) is 1. The third-order valence-corrected chi connectivity index (χ3v) is 4.48. The molecule has 2 rings (SSSR count). The Hall–Kier alpha value is -0.650. The Morgan fingerprint density at radius 1 is 1.29 bits per heavy atom. The van der Waals surface area contributed by atoms with Gasteiger partial charge in [0.2, 0.25) is 5.91 Å². The second-order valence-electron chi connectivity index (χ2n) is 6.78. The van der Waals surface area contributed by atoms with Gasteiger partial charge in [-0.1, -0.05) is 20.8 Å². The predicted octanol–water partition coefficient (Wildman–Crippen LogP) is 1.29. The van der Waals surface area contributed by atoms with E-state index in [0.717, 1.165) is 45.7 Å². The van der Waals surface area contributed by atoms with Crippen LogP contribution in [0.4, 0.5) is 0 Å². The van der Waals surface area contributed by atoms with Crippen molar-refractivity contribution in [2.45, 2.75) is 58.8 Å². The van der Waals surface area contributed by atoms with Crippen molar-refractivity contribution in [1.82, 2.24) is 15.1 Å². The van der Waals surface area contributed by atoms with Gasteiger partial charge in [-0.05, 0) is 25.7 Å². The van der Waals surface area contributed by atoms with E-state index in [9.17, 15) is 4.79 Å². The van der Waals surface area contributed by atoms with Crippen LogP contribution in [0.3, 0.4) is 0 Å². The highest BCUT2D eigenvalue weighted by atomic mass is 16.5. The average molecular weight is 297 g/mol. The Morgan fingerprint density at radius 2 is 1.95 bits per heavy atom. The summed E-state index contributed by atoms with van der Waals surface area (Å²) in [5.41, 5.74) is 0. The van der Waals surface area contributed by atoms with Crippen molar-refractivity contribution in [1.29, 1.82) is 0 Å². The maximum Gasteiger partial charge on any atom is 0.241 e. The zero-order valence-electron chi connectivity index (χ0n) is 14.0. The summed E-state index contributed by atoms with van der Waals surface area (Å²) in [6.07, 6.45) is 2.08. The number of hydrogen-bond donors (Lipinski definition) is 1. The highest BCUT2D eigenvalue weighted by Gasteiger charge is 2.40. The summed E-state index contributed by atoms with van der Waals surface area (Å²) in [5, 5.41) is 3.52. The minimum atomic E-state index is 0.00193. The molecule has 3 atom stereocenters. The number of carbonyl (C=O) groups excluding carboxylic acids is 1. The fourth-order valence-corrected chi connectivity index (χ4v) is 3.44. The molecule has 2 fully saturated rings. The lowest BCUT2D eigenvalue weighted by atomic mass is 10.0. The number of rotatable bonds is 6. The number of carbonyl (C=O) groups is 1. The molecule has 0 aromatic carbocycles. The largest absolute Gasteiger partial charge is 0.379 e. The van der Waals surface area contributed by atoms with Gasteiger partial charge >= 0.3 is 0 Å². The Kier molecular flexibility index (Phi) is 6.02. The van der Waals surface area contributed by atoms with Crippen molar-refractivity contribution >= 4 is 5.91 Å². The molecule has 0 spiro atoms. The molecule has 21 heavy (non-hydrogen) atoms. The van der Waals surface area contributed by atoms with Crippen LogP contribution in [0.25, 0.3) is 0 Å². The maximum absolute atomic E-state index is 12.7. The van der Waals surface area contributed by atoms with Crippen molar-refractivity contribution < 1.29 is 9.53 Å². The number of morpholine rings is 1. The van der Waals surface area contributed by atoms with E-state index in [1.54, 1.807) is 0 Å². The average Bonchev–Trinajstić information content (AvgIpc) is 2.76. The first-order valence-electron chi connectivity index (χ1n) is 8.41. The van der Waals surface area contributed by atoms with Crippen molar-refractivity contribution in [3.05, 3.63) is 0 Å². The maximum atomic E-state index is 12.7. The molecule has 0 aromatic rings. The standard InChI is InChI=1S/C16H31N3O2/c1-5-15-17-14(10-12(2)3)16(20)19(15)13(4)11-18-6-8-21-9-7-18/h12-15,17H,5-11H2,1-4H3. The molecule has 0 saturated carbocycles. The fourth-order valence-electron chi connectivity index (χ4n) is 3.44. The van der Waals surface area contributed by atoms with Gasteiger partial charge in [0.15, 0.2) is 0 Å². The molecule has 3 unspecified atom stereocenters. The lowest BCUT2D eigenvalue weighted by Crippen LogP contribution is -2.50. The molecule has 122 valence electrons. The molecular formula is C16H31N3O2. The van der Waals surface area contributed by atoms with Crippen molar-refractivity contribution in [3.8, 4) is 0 Å². The van der Waals surface area contributed by atoms with E-state index in [2.05, 4.69) is 42.8 Å². The van der Waals surface area contributed by atoms with Gasteiger partial charge in [-0.25, -0.2) is 0 Å². The summed E-state index contributed by atoms with van der Waals surface area (Å²) in [6.45, 7) is 13.2. The van der Waals surface area contributed by atoms with Crippen LogP contribution in [0.15, 0.2) is 0 Å². The van der Waals surface area contributed by atoms with E-state index < -0.39 is 0 Å². The zero-order valence-corrected chi connectivity index (χ0v) is 14.0. The molecule has 1 amide bonds. The smallest absolute Gasteiger partial charge is 0.241 e. The third kappa shape index (κ3) is 4.18. The van der Waals surface area contributed by atoms with Crippen LogP contribution in [0.2, 0.25) is 0 Å². The monoisotopic (exact) mass is 297 g/mol. The molecule has 1 N–H and O–H groups in total. The molecule has 2 heterocycles. The molecule has 5 nitrogen and oxygen atoms in total. The summed E-state index contributed by atoms with van der Waals surface area (Å²) in [6, 6.07) is 0.257.